The van der Waals surface area contributed by atoms with E-state index in [4.69, 9.17) is 10.5 Å². The van der Waals surface area contributed by atoms with Crippen LogP contribution in [-0.4, -0.2) is 18.4 Å². The first-order valence-corrected chi connectivity index (χ1v) is 6.24. The Hall–Kier alpha value is -2.96. The smallest absolute Gasteiger partial charge is 0.259 e. The molecule has 7 heteroatoms. The van der Waals surface area contributed by atoms with E-state index in [1.54, 1.807) is 12.1 Å². The van der Waals surface area contributed by atoms with Gasteiger partial charge < -0.3 is 15.8 Å². The van der Waals surface area contributed by atoms with Crippen LogP contribution in [0.25, 0.3) is 0 Å². The zero-order valence-electron chi connectivity index (χ0n) is 11.3. The first-order chi connectivity index (χ1) is 10.5. The summed E-state index contributed by atoms with van der Waals surface area (Å²) in [5, 5.41) is 2.41. The summed E-state index contributed by atoms with van der Waals surface area (Å²) in [5.41, 5.74) is 5.20. The van der Waals surface area contributed by atoms with Crippen LogP contribution in [0.2, 0.25) is 0 Å². The molecule has 0 heterocycles. The first kappa shape index (κ1) is 15.4. The highest BCUT2D eigenvalue weighted by atomic mass is 19.2. The number of amides is 2. The van der Waals surface area contributed by atoms with Crippen molar-refractivity contribution in [3.8, 4) is 5.75 Å². The molecule has 0 saturated carbocycles. The third kappa shape index (κ3) is 3.78. The van der Waals surface area contributed by atoms with Crippen molar-refractivity contribution >= 4 is 17.5 Å². The number of hydrogen-bond donors (Lipinski definition) is 2. The van der Waals surface area contributed by atoms with Gasteiger partial charge >= 0.3 is 0 Å². The standard InChI is InChI=1S/C15H12F2N2O3/c16-11-6-5-9(7-12(11)17)19-15(21)10-3-1-2-4-13(10)22-8-14(18)20/h1-7H,8H2,(H2,18,20)(H,19,21). The summed E-state index contributed by atoms with van der Waals surface area (Å²) in [6.07, 6.45) is 0. The summed E-state index contributed by atoms with van der Waals surface area (Å²) in [6, 6.07) is 9.15. The molecule has 5 nitrogen and oxygen atoms in total. The molecule has 2 amide bonds. The molecule has 0 radical (unpaired) electrons. The number of carbonyl (C=O) groups excluding carboxylic acids is 2. The molecule has 0 fully saturated rings. The number of nitrogens with one attached hydrogen (secondary N) is 1. The number of nitrogens with two attached hydrogens (primary N) is 1. The van der Waals surface area contributed by atoms with Gasteiger partial charge in [-0.25, -0.2) is 8.78 Å². The molecule has 0 aliphatic heterocycles. The van der Waals surface area contributed by atoms with Crippen LogP contribution in [0.1, 0.15) is 10.4 Å². The largest absolute Gasteiger partial charge is 0.483 e. The Morgan fingerprint density at radius 3 is 2.50 bits per heavy atom. The van der Waals surface area contributed by atoms with Gasteiger partial charge in [0.15, 0.2) is 18.2 Å². The van der Waals surface area contributed by atoms with Gasteiger partial charge in [-0.15, -0.1) is 0 Å². The second-order valence-electron chi connectivity index (χ2n) is 4.33. The van der Waals surface area contributed by atoms with Crippen molar-refractivity contribution in [3.63, 3.8) is 0 Å². The predicted octanol–water partition coefficient (Wildman–Crippen LogP) is 2.08. The Labute approximate surface area is 124 Å². The van der Waals surface area contributed by atoms with Gasteiger partial charge in [-0.2, -0.15) is 0 Å². The minimum absolute atomic E-state index is 0.0913. The summed E-state index contributed by atoms with van der Waals surface area (Å²) >= 11 is 0. The Bertz CT molecular complexity index is 720. The number of carbonyl (C=O) groups is 2. The van der Waals surface area contributed by atoms with E-state index >= 15 is 0 Å². The second kappa shape index (κ2) is 6.66. The molecule has 0 atom stereocenters. The lowest BCUT2D eigenvalue weighted by Crippen LogP contribution is -2.21. The maximum Gasteiger partial charge on any atom is 0.259 e. The van der Waals surface area contributed by atoms with Crippen molar-refractivity contribution in [1.82, 2.24) is 0 Å². The number of para-hydroxylation sites is 1. The van der Waals surface area contributed by atoms with Gasteiger partial charge in [-0.1, -0.05) is 12.1 Å². The van der Waals surface area contributed by atoms with Crippen LogP contribution in [0.4, 0.5) is 14.5 Å². The summed E-state index contributed by atoms with van der Waals surface area (Å²) in [5.74, 6) is -3.21. The van der Waals surface area contributed by atoms with Crippen molar-refractivity contribution < 1.29 is 23.1 Å². The molecule has 22 heavy (non-hydrogen) atoms. The monoisotopic (exact) mass is 306 g/mol. The molecule has 0 aromatic heterocycles. The average Bonchev–Trinajstić information content (AvgIpc) is 2.49. The molecule has 2 aromatic rings. The fourth-order valence-electron chi connectivity index (χ4n) is 1.70. The van der Waals surface area contributed by atoms with Crippen molar-refractivity contribution in [3.05, 3.63) is 59.7 Å². The normalized spacial score (nSPS) is 10.1. The number of rotatable bonds is 5. The number of anilines is 1. The van der Waals surface area contributed by atoms with E-state index in [1.165, 1.54) is 18.2 Å². The molecular formula is C15H12F2N2O3. The molecule has 0 spiro atoms. The molecule has 2 aromatic carbocycles. The fraction of sp³-hybridized carbons (Fsp3) is 0.0667. The van der Waals surface area contributed by atoms with E-state index in [0.717, 1.165) is 12.1 Å². The van der Waals surface area contributed by atoms with Crippen LogP contribution in [0, 0.1) is 11.6 Å². The van der Waals surface area contributed by atoms with E-state index in [1.807, 2.05) is 0 Å². The predicted molar refractivity (Wildman–Crippen MR) is 75.4 cm³/mol. The molecule has 0 saturated heterocycles. The Morgan fingerprint density at radius 1 is 1.09 bits per heavy atom. The molecule has 0 aliphatic carbocycles. The van der Waals surface area contributed by atoms with Crippen LogP contribution in [-0.2, 0) is 4.79 Å². The van der Waals surface area contributed by atoms with Crippen LogP contribution in [0.15, 0.2) is 42.5 Å². The third-order valence-electron chi connectivity index (χ3n) is 2.68. The average molecular weight is 306 g/mol. The molecule has 0 bridgehead atoms. The lowest BCUT2D eigenvalue weighted by Gasteiger charge is -2.10. The SMILES string of the molecule is NC(=O)COc1ccccc1C(=O)Nc1ccc(F)c(F)c1. The topological polar surface area (TPSA) is 81.4 Å². The minimum atomic E-state index is -1.07. The zero-order chi connectivity index (χ0) is 16.1. The van der Waals surface area contributed by atoms with Crippen molar-refractivity contribution in [2.45, 2.75) is 0 Å². The number of benzene rings is 2. The summed E-state index contributed by atoms with van der Waals surface area (Å²) in [7, 11) is 0. The van der Waals surface area contributed by atoms with Crippen LogP contribution >= 0.6 is 0 Å². The lowest BCUT2D eigenvalue weighted by molar-refractivity contribution is -0.119. The molecule has 0 aliphatic rings. The fourth-order valence-corrected chi connectivity index (χ4v) is 1.70. The molecule has 3 N–H and O–H groups in total. The van der Waals surface area contributed by atoms with E-state index in [2.05, 4.69) is 5.32 Å². The van der Waals surface area contributed by atoms with E-state index < -0.39 is 23.4 Å². The molecular weight excluding hydrogens is 294 g/mol. The quantitative estimate of drug-likeness (QED) is 0.887. The first-order valence-electron chi connectivity index (χ1n) is 6.24. The number of halogens is 2. The zero-order valence-corrected chi connectivity index (χ0v) is 11.3. The highest BCUT2D eigenvalue weighted by molar-refractivity contribution is 6.06. The Morgan fingerprint density at radius 2 is 1.82 bits per heavy atom. The van der Waals surface area contributed by atoms with Gasteiger partial charge in [-0.3, -0.25) is 9.59 Å². The number of primary amides is 1. The molecule has 114 valence electrons. The van der Waals surface area contributed by atoms with Gasteiger partial charge in [0.25, 0.3) is 11.8 Å². The van der Waals surface area contributed by atoms with Gasteiger partial charge in [0, 0.05) is 11.8 Å². The van der Waals surface area contributed by atoms with E-state index in [-0.39, 0.29) is 23.6 Å². The van der Waals surface area contributed by atoms with Crippen LogP contribution in [0.5, 0.6) is 5.75 Å². The van der Waals surface area contributed by atoms with Gasteiger partial charge in [0.1, 0.15) is 5.75 Å². The third-order valence-corrected chi connectivity index (χ3v) is 2.68. The van der Waals surface area contributed by atoms with Crippen LogP contribution < -0.4 is 15.8 Å². The number of ether oxygens (including phenoxy) is 1. The second-order valence-corrected chi connectivity index (χ2v) is 4.33. The van der Waals surface area contributed by atoms with Crippen LogP contribution in [0.3, 0.4) is 0 Å². The Balaban J connectivity index is 2.18. The minimum Gasteiger partial charge on any atom is -0.483 e. The van der Waals surface area contributed by atoms with Crippen molar-refractivity contribution in [2.75, 3.05) is 11.9 Å². The van der Waals surface area contributed by atoms with Crippen molar-refractivity contribution in [2.24, 2.45) is 5.73 Å². The van der Waals surface area contributed by atoms with Crippen molar-refractivity contribution in [1.29, 1.82) is 0 Å². The van der Waals surface area contributed by atoms with Gasteiger partial charge in [-0.05, 0) is 24.3 Å². The number of hydrogen-bond acceptors (Lipinski definition) is 3. The van der Waals surface area contributed by atoms with Gasteiger partial charge in [0.2, 0.25) is 0 Å². The van der Waals surface area contributed by atoms with Gasteiger partial charge in [0.05, 0.1) is 5.56 Å². The van der Waals surface area contributed by atoms with E-state index in [0.29, 0.717) is 0 Å². The highest BCUT2D eigenvalue weighted by Crippen LogP contribution is 2.20. The molecule has 2 rings (SSSR count). The summed E-state index contributed by atoms with van der Waals surface area (Å²) < 4.78 is 31.1. The highest BCUT2D eigenvalue weighted by Gasteiger charge is 2.14. The lowest BCUT2D eigenvalue weighted by atomic mass is 10.2. The summed E-state index contributed by atoms with van der Waals surface area (Å²) in [6.45, 7) is -0.379. The molecule has 0 unspecified atom stereocenters. The maximum absolute atomic E-state index is 13.1. The maximum atomic E-state index is 13.1. The van der Waals surface area contributed by atoms with E-state index in [9.17, 15) is 18.4 Å². The summed E-state index contributed by atoms with van der Waals surface area (Å²) in [4.78, 5) is 22.9. The Kier molecular flexibility index (Phi) is 4.67.